The van der Waals surface area contributed by atoms with Crippen LogP contribution in [0.1, 0.15) is 65.7 Å². The van der Waals surface area contributed by atoms with Crippen molar-refractivity contribution < 1.29 is 9.59 Å². The van der Waals surface area contributed by atoms with E-state index in [2.05, 4.69) is 25.7 Å². The van der Waals surface area contributed by atoms with E-state index < -0.39 is 0 Å². The highest BCUT2D eigenvalue weighted by Gasteiger charge is 2.19. The van der Waals surface area contributed by atoms with Crippen LogP contribution in [0.25, 0.3) is 0 Å². The molecule has 0 atom stereocenters. The predicted octanol–water partition coefficient (Wildman–Crippen LogP) is 2.86. The van der Waals surface area contributed by atoms with Gasteiger partial charge in [0, 0.05) is 44.9 Å². The number of likely N-dealkylation sites (tertiary alicyclic amines) is 2. The van der Waals surface area contributed by atoms with E-state index in [0.717, 1.165) is 45.3 Å². The summed E-state index contributed by atoms with van der Waals surface area (Å²) in [6, 6.07) is 0.396. The molecule has 0 saturated carbocycles. The van der Waals surface area contributed by atoms with Crippen LogP contribution in [-0.4, -0.2) is 53.7 Å². The second kappa shape index (κ2) is 9.93. The summed E-state index contributed by atoms with van der Waals surface area (Å²) in [5, 5.41) is 0. The zero-order valence-electron chi connectivity index (χ0n) is 14.1. The Labute approximate surface area is 129 Å². The van der Waals surface area contributed by atoms with Crippen molar-refractivity contribution in [2.45, 2.75) is 71.8 Å². The van der Waals surface area contributed by atoms with Gasteiger partial charge < -0.3 is 9.80 Å². The zero-order valence-corrected chi connectivity index (χ0v) is 14.1. The van der Waals surface area contributed by atoms with Crippen molar-refractivity contribution in [1.82, 2.24) is 9.80 Å². The Morgan fingerprint density at radius 3 is 2.14 bits per heavy atom. The number of hydrogen-bond acceptors (Lipinski definition) is 3. The van der Waals surface area contributed by atoms with E-state index in [-0.39, 0.29) is 0 Å². The maximum atomic E-state index is 11.2. The average molecular weight is 296 g/mol. The minimum Gasteiger partial charge on any atom is -0.340 e. The zero-order chi connectivity index (χ0) is 15.7. The molecule has 4 nitrogen and oxygen atoms in total. The summed E-state index contributed by atoms with van der Waals surface area (Å²) in [5.74, 6) is 0.777. The molecule has 2 aliphatic rings. The van der Waals surface area contributed by atoms with Crippen molar-refractivity contribution in [2.24, 2.45) is 0 Å². The van der Waals surface area contributed by atoms with E-state index >= 15 is 0 Å². The monoisotopic (exact) mass is 296 g/mol. The van der Waals surface area contributed by atoms with Crippen LogP contribution in [-0.2, 0) is 9.59 Å². The van der Waals surface area contributed by atoms with Gasteiger partial charge in [-0.05, 0) is 39.7 Å². The summed E-state index contributed by atoms with van der Waals surface area (Å²) in [7, 11) is 0. The van der Waals surface area contributed by atoms with Gasteiger partial charge in [0.1, 0.15) is 5.78 Å². The second-order valence-electron chi connectivity index (χ2n) is 6.37. The molecular weight excluding hydrogens is 264 g/mol. The number of rotatable bonds is 4. The van der Waals surface area contributed by atoms with Crippen LogP contribution in [0.2, 0.25) is 0 Å². The molecule has 0 aromatic carbocycles. The highest BCUT2D eigenvalue weighted by Crippen LogP contribution is 2.12. The van der Waals surface area contributed by atoms with Crippen molar-refractivity contribution >= 4 is 11.7 Å². The Morgan fingerprint density at radius 2 is 1.67 bits per heavy atom. The Balaban J connectivity index is 0.000000211. The lowest BCUT2D eigenvalue weighted by atomic mass is 10.1. The summed E-state index contributed by atoms with van der Waals surface area (Å²) in [6.07, 6.45) is 7.12. The second-order valence-corrected chi connectivity index (χ2v) is 6.37. The van der Waals surface area contributed by atoms with Crippen molar-refractivity contribution in [3.63, 3.8) is 0 Å². The van der Waals surface area contributed by atoms with Gasteiger partial charge in [0.05, 0.1) is 0 Å². The van der Waals surface area contributed by atoms with Gasteiger partial charge in [-0.2, -0.15) is 0 Å². The number of hydrogen-bond donors (Lipinski definition) is 0. The Bertz CT molecular complexity index is 319. The molecule has 0 unspecified atom stereocenters. The average Bonchev–Trinajstić information content (AvgIpc) is 2.47. The van der Waals surface area contributed by atoms with Crippen LogP contribution in [0.4, 0.5) is 0 Å². The molecule has 122 valence electrons. The number of ketones is 1. The Hall–Kier alpha value is -0.900. The largest absolute Gasteiger partial charge is 0.340 e. The first-order valence-corrected chi connectivity index (χ1v) is 8.58. The van der Waals surface area contributed by atoms with Crippen LogP contribution in [0.15, 0.2) is 0 Å². The number of amides is 1. The predicted molar refractivity (Wildman–Crippen MR) is 86.3 cm³/mol. The number of carbonyl (C=O) groups is 2. The van der Waals surface area contributed by atoms with Crippen LogP contribution < -0.4 is 0 Å². The summed E-state index contributed by atoms with van der Waals surface area (Å²) >= 11 is 0. The van der Waals surface area contributed by atoms with Gasteiger partial charge in [-0.1, -0.05) is 13.3 Å². The van der Waals surface area contributed by atoms with E-state index in [0.29, 0.717) is 17.7 Å². The number of Topliss-reactive ketones (excluding diaryl/α,β-unsaturated/α-hetero) is 1. The van der Waals surface area contributed by atoms with Crippen LogP contribution in [0.3, 0.4) is 0 Å². The summed E-state index contributed by atoms with van der Waals surface area (Å²) in [5.41, 5.74) is 0. The molecule has 0 N–H and O–H groups in total. The van der Waals surface area contributed by atoms with Crippen molar-refractivity contribution in [3.8, 4) is 0 Å². The van der Waals surface area contributed by atoms with Gasteiger partial charge in [0.25, 0.3) is 0 Å². The van der Waals surface area contributed by atoms with Gasteiger partial charge in [-0.15, -0.1) is 0 Å². The number of carbonyl (C=O) groups excluding carboxylic acids is 2. The van der Waals surface area contributed by atoms with Gasteiger partial charge in [-0.25, -0.2) is 0 Å². The van der Waals surface area contributed by atoms with Gasteiger partial charge in [0.2, 0.25) is 5.91 Å². The molecule has 0 spiro atoms. The number of nitrogens with zero attached hydrogens (tertiary/aromatic N) is 2. The molecule has 0 aromatic rings. The number of unbranched alkanes of at least 4 members (excludes halogenated alkanes) is 1. The molecule has 4 heteroatoms. The first-order valence-electron chi connectivity index (χ1n) is 8.58. The third-order valence-electron chi connectivity index (χ3n) is 4.22. The van der Waals surface area contributed by atoms with E-state index in [4.69, 9.17) is 0 Å². The smallest absolute Gasteiger partial charge is 0.222 e. The fourth-order valence-corrected chi connectivity index (χ4v) is 2.78. The fraction of sp³-hybridized carbons (Fsp3) is 0.882. The summed E-state index contributed by atoms with van der Waals surface area (Å²) in [6.45, 7) is 10.5. The van der Waals surface area contributed by atoms with Crippen LogP contribution >= 0.6 is 0 Å². The van der Waals surface area contributed by atoms with Crippen molar-refractivity contribution in [3.05, 3.63) is 0 Å². The van der Waals surface area contributed by atoms with E-state index in [9.17, 15) is 9.59 Å². The molecule has 2 saturated heterocycles. The fourth-order valence-electron chi connectivity index (χ4n) is 2.78. The maximum absolute atomic E-state index is 11.2. The molecule has 0 aromatic heterocycles. The molecule has 0 radical (unpaired) electrons. The van der Waals surface area contributed by atoms with Gasteiger partial charge in [-0.3, -0.25) is 9.59 Å². The Kier molecular flexibility index (Phi) is 8.58. The minimum atomic E-state index is 0.334. The molecule has 2 heterocycles. The SMILES string of the molecule is CC(C)N1CCCCC1=O.CCCCN1CCC(=O)CC1. The highest BCUT2D eigenvalue weighted by atomic mass is 16.2. The molecule has 0 bridgehead atoms. The third-order valence-corrected chi connectivity index (χ3v) is 4.22. The van der Waals surface area contributed by atoms with Crippen LogP contribution in [0, 0.1) is 0 Å². The van der Waals surface area contributed by atoms with Crippen LogP contribution in [0.5, 0.6) is 0 Å². The highest BCUT2D eigenvalue weighted by molar-refractivity contribution is 5.79. The topological polar surface area (TPSA) is 40.6 Å². The Morgan fingerprint density at radius 1 is 1.00 bits per heavy atom. The number of piperidine rings is 2. The maximum Gasteiger partial charge on any atom is 0.222 e. The van der Waals surface area contributed by atoms with Crippen molar-refractivity contribution in [1.29, 1.82) is 0 Å². The molecular formula is C17H32N2O2. The van der Waals surface area contributed by atoms with E-state index in [1.165, 1.54) is 25.8 Å². The first-order chi connectivity index (χ1) is 10.0. The van der Waals surface area contributed by atoms with Crippen molar-refractivity contribution in [2.75, 3.05) is 26.2 Å². The lowest BCUT2D eigenvalue weighted by molar-refractivity contribution is -0.135. The molecule has 21 heavy (non-hydrogen) atoms. The minimum absolute atomic E-state index is 0.334. The molecule has 2 aliphatic heterocycles. The molecule has 2 rings (SSSR count). The van der Waals surface area contributed by atoms with E-state index in [1.807, 2.05) is 4.90 Å². The lowest BCUT2D eigenvalue weighted by Gasteiger charge is -2.30. The van der Waals surface area contributed by atoms with E-state index in [1.54, 1.807) is 0 Å². The standard InChI is InChI=1S/C9H17NO.C8H15NO/c1-2-3-6-10-7-4-9(11)5-8-10;1-7(2)9-6-4-3-5-8(9)10/h2-8H2,1H3;7H,3-6H2,1-2H3. The quantitative estimate of drug-likeness (QED) is 0.801. The van der Waals surface area contributed by atoms with Gasteiger partial charge in [0.15, 0.2) is 0 Å². The lowest BCUT2D eigenvalue weighted by Crippen LogP contribution is -2.40. The third kappa shape index (κ3) is 7.07. The summed E-state index contributed by atoms with van der Waals surface area (Å²) < 4.78 is 0. The first kappa shape index (κ1) is 18.1. The molecule has 0 aliphatic carbocycles. The molecule has 2 fully saturated rings. The van der Waals surface area contributed by atoms with Gasteiger partial charge >= 0.3 is 0 Å². The summed E-state index contributed by atoms with van der Waals surface area (Å²) in [4.78, 5) is 26.4. The normalized spacial score (nSPS) is 20.5. The molecule has 1 amide bonds.